The van der Waals surface area contributed by atoms with Gasteiger partial charge < -0.3 is 5.73 Å². The Kier molecular flexibility index (Phi) is 3.82. The molecule has 0 aliphatic carbocycles. The first-order valence-electron chi connectivity index (χ1n) is 4.48. The topological polar surface area (TPSA) is 56.7 Å². The normalized spacial score (nSPS) is 9.73. The lowest BCUT2D eigenvalue weighted by atomic mass is 10.2. The SMILES string of the molecule is Cc1ncn(-c2ccccc2CN)n1.Cl. The standard InChI is InChI=1S/C10H12N4.ClH/c1-8-12-7-14(13-8)10-5-3-2-4-9(10)6-11;/h2-5,7H,6,11H2,1H3;1H. The number of benzene rings is 1. The number of nitrogens with two attached hydrogens (primary N) is 1. The molecule has 0 atom stereocenters. The summed E-state index contributed by atoms with van der Waals surface area (Å²) in [6.07, 6.45) is 1.70. The number of nitrogens with zero attached hydrogens (tertiary/aromatic N) is 3. The van der Waals surface area contributed by atoms with E-state index in [1.807, 2.05) is 31.2 Å². The monoisotopic (exact) mass is 224 g/mol. The molecule has 2 N–H and O–H groups in total. The summed E-state index contributed by atoms with van der Waals surface area (Å²) in [6, 6.07) is 7.91. The summed E-state index contributed by atoms with van der Waals surface area (Å²) in [5, 5.41) is 4.24. The second-order valence-electron chi connectivity index (χ2n) is 3.07. The van der Waals surface area contributed by atoms with Crippen LogP contribution in [0, 0.1) is 6.92 Å². The molecule has 80 valence electrons. The molecular weight excluding hydrogens is 212 g/mol. The molecule has 0 radical (unpaired) electrons. The van der Waals surface area contributed by atoms with E-state index in [0.717, 1.165) is 17.1 Å². The lowest BCUT2D eigenvalue weighted by molar-refractivity contribution is 0.844. The second-order valence-corrected chi connectivity index (χ2v) is 3.07. The minimum Gasteiger partial charge on any atom is -0.326 e. The number of para-hydroxylation sites is 1. The van der Waals surface area contributed by atoms with Crippen molar-refractivity contribution in [1.82, 2.24) is 14.8 Å². The molecule has 0 amide bonds. The van der Waals surface area contributed by atoms with E-state index in [2.05, 4.69) is 10.1 Å². The Bertz CT molecular complexity index is 438. The van der Waals surface area contributed by atoms with Crippen LogP contribution in [0.3, 0.4) is 0 Å². The van der Waals surface area contributed by atoms with Gasteiger partial charge in [0.05, 0.1) is 5.69 Å². The van der Waals surface area contributed by atoms with Gasteiger partial charge in [0.1, 0.15) is 12.2 Å². The van der Waals surface area contributed by atoms with E-state index in [1.165, 1.54) is 0 Å². The molecule has 4 nitrogen and oxygen atoms in total. The number of rotatable bonds is 2. The maximum atomic E-state index is 5.63. The van der Waals surface area contributed by atoms with Gasteiger partial charge in [-0.2, -0.15) is 5.10 Å². The zero-order valence-electron chi connectivity index (χ0n) is 8.42. The highest BCUT2D eigenvalue weighted by molar-refractivity contribution is 5.85. The molecule has 0 unspecified atom stereocenters. The molecule has 1 heterocycles. The zero-order chi connectivity index (χ0) is 9.97. The number of hydrogen-bond acceptors (Lipinski definition) is 3. The van der Waals surface area contributed by atoms with Gasteiger partial charge in [-0.05, 0) is 18.6 Å². The average molecular weight is 225 g/mol. The van der Waals surface area contributed by atoms with Gasteiger partial charge in [-0.15, -0.1) is 12.4 Å². The number of aryl methyl sites for hydroxylation is 1. The zero-order valence-corrected chi connectivity index (χ0v) is 9.24. The minimum absolute atomic E-state index is 0. The third-order valence-corrected chi connectivity index (χ3v) is 2.06. The van der Waals surface area contributed by atoms with Crippen LogP contribution in [0.2, 0.25) is 0 Å². The first kappa shape index (κ1) is 11.7. The maximum absolute atomic E-state index is 5.63. The number of hydrogen-bond donors (Lipinski definition) is 1. The van der Waals surface area contributed by atoms with Crippen LogP contribution in [0.15, 0.2) is 30.6 Å². The Morgan fingerprint density at radius 3 is 2.67 bits per heavy atom. The molecule has 2 rings (SSSR count). The van der Waals surface area contributed by atoms with Gasteiger partial charge in [-0.3, -0.25) is 0 Å². The van der Waals surface area contributed by atoms with Gasteiger partial charge in [-0.25, -0.2) is 9.67 Å². The summed E-state index contributed by atoms with van der Waals surface area (Å²) in [7, 11) is 0. The summed E-state index contributed by atoms with van der Waals surface area (Å²) in [5.41, 5.74) is 7.70. The molecule has 0 saturated carbocycles. The van der Waals surface area contributed by atoms with Crippen LogP contribution in [0.1, 0.15) is 11.4 Å². The molecule has 15 heavy (non-hydrogen) atoms. The predicted octanol–water partition coefficient (Wildman–Crippen LogP) is 1.46. The van der Waals surface area contributed by atoms with Gasteiger partial charge in [0.15, 0.2) is 0 Å². The third-order valence-electron chi connectivity index (χ3n) is 2.06. The van der Waals surface area contributed by atoms with E-state index < -0.39 is 0 Å². The fourth-order valence-electron chi connectivity index (χ4n) is 1.37. The van der Waals surface area contributed by atoms with Gasteiger partial charge in [-0.1, -0.05) is 18.2 Å². The highest BCUT2D eigenvalue weighted by Gasteiger charge is 2.03. The average Bonchev–Trinajstić information content (AvgIpc) is 2.65. The van der Waals surface area contributed by atoms with Crippen LogP contribution < -0.4 is 5.73 Å². The van der Waals surface area contributed by atoms with Crippen LogP contribution in [0.5, 0.6) is 0 Å². The third kappa shape index (κ3) is 2.34. The maximum Gasteiger partial charge on any atom is 0.147 e. The summed E-state index contributed by atoms with van der Waals surface area (Å²) >= 11 is 0. The molecule has 1 aromatic carbocycles. The highest BCUT2D eigenvalue weighted by Crippen LogP contribution is 2.12. The lowest BCUT2D eigenvalue weighted by Gasteiger charge is -2.05. The van der Waals surface area contributed by atoms with Crippen LogP contribution in [-0.2, 0) is 6.54 Å². The van der Waals surface area contributed by atoms with Crippen LogP contribution in [-0.4, -0.2) is 14.8 Å². The Morgan fingerprint density at radius 2 is 2.07 bits per heavy atom. The highest BCUT2D eigenvalue weighted by atomic mass is 35.5. The fourth-order valence-corrected chi connectivity index (χ4v) is 1.37. The van der Waals surface area contributed by atoms with E-state index >= 15 is 0 Å². The van der Waals surface area contributed by atoms with Crippen molar-refractivity contribution in [3.8, 4) is 5.69 Å². The molecule has 0 aliphatic rings. The first-order valence-corrected chi connectivity index (χ1v) is 4.48. The quantitative estimate of drug-likeness (QED) is 0.840. The summed E-state index contributed by atoms with van der Waals surface area (Å²) in [4.78, 5) is 4.08. The molecule has 1 aromatic heterocycles. The molecule has 0 bridgehead atoms. The Hall–Kier alpha value is -1.39. The molecule has 0 spiro atoms. The van der Waals surface area contributed by atoms with Crippen molar-refractivity contribution < 1.29 is 0 Å². The van der Waals surface area contributed by atoms with Gasteiger partial charge in [0.2, 0.25) is 0 Å². The van der Waals surface area contributed by atoms with E-state index in [-0.39, 0.29) is 12.4 Å². The first-order chi connectivity index (χ1) is 6.81. The smallest absolute Gasteiger partial charge is 0.147 e. The summed E-state index contributed by atoms with van der Waals surface area (Å²) in [5.74, 6) is 0.761. The van der Waals surface area contributed by atoms with Crippen molar-refractivity contribution in [1.29, 1.82) is 0 Å². The molecule has 0 fully saturated rings. The Labute approximate surface area is 94.5 Å². The number of halogens is 1. The van der Waals surface area contributed by atoms with Crippen molar-refractivity contribution in [2.24, 2.45) is 5.73 Å². The molecule has 5 heteroatoms. The second kappa shape index (κ2) is 4.91. The fraction of sp³-hybridized carbons (Fsp3) is 0.200. The number of aromatic nitrogens is 3. The molecule has 0 saturated heterocycles. The van der Waals surface area contributed by atoms with E-state index in [4.69, 9.17) is 5.73 Å². The van der Waals surface area contributed by atoms with Crippen LogP contribution in [0.25, 0.3) is 5.69 Å². The van der Waals surface area contributed by atoms with Gasteiger partial charge >= 0.3 is 0 Å². The summed E-state index contributed by atoms with van der Waals surface area (Å²) in [6.45, 7) is 2.37. The van der Waals surface area contributed by atoms with Gasteiger partial charge in [0.25, 0.3) is 0 Å². The van der Waals surface area contributed by atoms with E-state index in [1.54, 1.807) is 11.0 Å². The lowest BCUT2D eigenvalue weighted by Crippen LogP contribution is -2.04. The largest absolute Gasteiger partial charge is 0.326 e. The molecular formula is C10H13ClN4. The van der Waals surface area contributed by atoms with E-state index in [0.29, 0.717) is 6.54 Å². The van der Waals surface area contributed by atoms with Crippen molar-refractivity contribution in [3.63, 3.8) is 0 Å². The Morgan fingerprint density at radius 1 is 1.33 bits per heavy atom. The van der Waals surface area contributed by atoms with Crippen molar-refractivity contribution in [2.75, 3.05) is 0 Å². The van der Waals surface area contributed by atoms with Crippen molar-refractivity contribution in [3.05, 3.63) is 42.0 Å². The van der Waals surface area contributed by atoms with Crippen molar-refractivity contribution in [2.45, 2.75) is 13.5 Å². The van der Waals surface area contributed by atoms with Crippen LogP contribution in [0.4, 0.5) is 0 Å². The van der Waals surface area contributed by atoms with E-state index in [9.17, 15) is 0 Å². The van der Waals surface area contributed by atoms with Crippen LogP contribution >= 0.6 is 12.4 Å². The molecule has 2 aromatic rings. The summed E-state index contributed by atoms with van der Waals surface area (Å²) < 4.78 is 1.75. The van der Waals surface area contributed by atoms with Gasteiger partial charge in [0, 0.05) is 6.54 Å². The Balaban J connectivity index is 0.00000112. The minimum atomic E-state index is 0. The van der Waals surface area contributed by atoms with Crippen molar-refractivity contribution >= 4 is 12.4 Å². The molecule has 0 aliphatic heterocycles. The predicted molar refractivity (Wildman–Crippen MR) is 61.2 cm³/mol.